The molecule has 4 nitrogen and oxygen atoms in total. The third-order valence-electron chi connectivity index (χ3n) is 5.83. The number of nitrogens with zero attached hydrogens (tertiary/aromatic N) is 3. The Morgan fingerprint density at radius 2 is 1.70 bits per heavy atom. The van der Waals surface area contributed by atoms with E-state index in [0.717, 1.165) is 35.7 Å². The molecule has 0 atom stereocenters. The maximum Gasteiger partial charge on any atom is 0.137 e. The molecule has 0 aliphatic rings. The molecule has 0 radical (unpaired) electrons. The third-order valence-corrected chi connectivity index (χ3v) is 5.83. The zero-order chi connectivity index (χ0) is 21.3. The molecule has 0 aliphatic heterocycles. The van der Waals surface area contributed by atoms with E-state index in [1.165, 1.54) is 22.4 Å². The number of hydrogen-bond donors (Lipinski definition) is 1. The normalized spacial score (nSPS) is 11.7. The summed E-state index contributed by atoms with van der Waals surface area (Å²) in [6.07, 6.45) is 1.99. The van der Waals surface area contributed by atoms with Crippen molar-refractivity contribution in [3.8, 4) is 11.3 Å². The fraction of sp³-hybridized carbons (Fsp3) is 0.269. The largest absolute Gasteiger partial charge is 0.398 e. The van der Waals surface area contributed by atoms with Crippen LogP contribution in [0.4, 0.5) is 5.69 Å². The zero-order valence-corrected chi connectivity index (χ0v) is 18.3. The third kappa shape index (κ3) is 4.10. The highest BCUT2D eigenvalue weighted by molar-refractivity contribution is 5.68. The first-order valence-corrected chi connectivity index (χ1v) is 10.5. The molecule has 0 aliphatic carbocycles. The minimum absolute atomic E-state index is 0.393. The van der Waals surface area contributed by atoms with E-state index in [2.05, 4.69) is 85.5 Å². The molecule has 2 aromatic carbocycles. The molecule has 2 heterocycles. The van der Waals surface area contributed by atoms with Crippen molar-refractivity contribution in [2.45, 2.75) is 46.8 Å². The Balaban J connectivity index is 1.80. The highest BCUT2D eigenvalue weighted by Gasteiger charge is 2.19. The molecule has 0 saturated heterocycles. The van der Waals surface area contributed by atoms with Crippen LogP contribution in [0.15, 0.2) is 66.9 Å². The lowest BCUT2D eigenvalue weighted by molar-refractivity contribution is 0.201. The number of nitrogen functional groups attached to an aromatic ring is 1. The molecular formula is C26H30N4. The summed E-state index contributed by atoms with van der Waals surface area (Å²) in [5, 5.41) is 0. The lowest BCUT2D eigenvalue weighted by Crippen LogP contribution is -2.30. The number of anilines is 1. The quantitative estimate of drug-likeness (QED) is 0.459. The number of fused-ring (bicyclic) bond motifs is 1. The SMILES string of the molecule is Cc1ccc(-c2nc3ccc(N)cn3c2CN(Cc2ccccc2)C(C)C)cc1C. The Morgan fingerprint density at radius 1 is 0.933 bits per heavy atom. The second-order valence-electron chi connectivity index (χ2n) is 8.38. The van der Waals surface area contributed by atoms with Crippen molar-refractivity contribution in [3.63, 3.8) is 0 Å². The van der Waals surface area contributed by atoms with Gasteiger partial charge in [-0.2, -0.15) is 0 Å². The number of aromatic nitrogens is 2. The van der Waals surface area contributed by atoms with E-state index in [-0.39, 0.29) is 0 Å². The lowest BCUT2D eigenvalue weighted by atomic mass is 10.0. The van der Waals surface area contributed by atoms with E-state index in [0.29, 0.717) is 6.04 Å². The summed E-state index contributed by atoms with van der Waals surface area (Å²) in [4.78, 5) is 7.47. The summed E-state index contributed by atoms with van der Waals surface area (Å²) in [6.45, 7) is 10.5. The van der Waals surface area contributed by atoms with Gasteiger partial charge in [0, 0.05) is 36.6 Å². The molecule has 4 rings (SSSR count). The van der Waals surface area contributed by atoms with Crippen LogP contribution in [-0.4, -0.2) is 20.3 Å². The van der Waals surface area contributed by atoms with Crippen LogP contribution in [0, 0.1) is 13.8 Å². The van der Waals surface area contributed by atoms with Crippen LogP contribution in [0.1, 0.15) is 36.2 Å². The van der Waals surface area contributed by atoms with Crippen LogP contribution < -0.4 is 5.73 Å². The molecule has 0 amide bonds. The van der Waals surface area contributed by atoms with Crippen molar-refractivity contribution >= 4 is 11.3 Å². The predicted octanol–water partition coefficient (Wildman–Crippen LogP) is 5.61. The molecule has 0 bridgehead atoms. The van der Waals surface area contributed by atoms with E-state index in [9.17, 15) is 0 Å². The molecule has 2 aromatic heterocycles. The maximum atomic E-state index is 6.14. The van der Waals surface area contributed by atoms with Crippen molar-refractivity contribution < 1.29 is 0 Å². The van der Waals surface area contributed by atoms with Crippen molar-refractivity contribution in [2.24, 2.45) is 0 Å². The van der Waals surface area contributed by atoms with Gasteiger partial charge in [0.15, 0.2) is 0 Å². The highest BCUT2D eigenvalue weighted by Crippen LogP contribution is 2.29. The summed E-state index contributed by atoms with van der Waals surface area (Å²) in [5.74, 6) is 0. The van der Waals surface area contributed by atoms with Gasteiger partial charge in [-0.3, -0.25) is 4.90 Å². The fourth-order valence-corrected chi connectivity index (χ4v) is 3.81. The summed E-state index contributed by atoms with van der Waals surface area (Å²) in [5.41, 5.74) is 15.0. The summed E-state index contributed by atoms with van der Waals surface area (Å²) in [7, 11) is 0. The van der Waals surface area contributed by atoms with E-state index in [1.807, 2.05) is 18.3 Å². The van der Waals surface area contributed by atoms with Crippen LogP contribution in [0.5, 0.6) is 0 Å². The van der Waals surface area contributed by atoms with Gasteiger partial charge in [-0.1, -0.05) is 42.5 Å². The van der Waals surface area contributed by atoms with E-state index < -0.39 is 0 Å². The monoisotopic (exact) mass is 398 g/mol. The smallest absolute Gasteiger partial charge is 0.137 e. The number of imidazole rings is 1. The number of rotatable bonds is 6. The summed E-state index contributed by atoms with van der Waals surface area (Å²) < 4.78 is 2.15. The van der Waals surface area contributed by atoms with Gasteiger partial charge in [0.2, 0.25) is 0 Å². The molecule has 30 heavy (non-hydrogen) atoms. The predicted molar refractivity (Wildman–Crippen MR) is 125 cm³/mol. The Hall–Kier alpha value is -3.11. The maximum absolute atomic E-state index is 6.14. The number of benzene rings is 2. The van der Waals surface area contributed by atoms with Gasteiger partial charge < -0.3 is 10.1 Å². The van der Waals surface area contributed by atoms with Crippen LogP contribution >= 0.6 is 0 Å². The summed E-state index contributed by atoms with van der Waals surface area (Å²) >= 11 is 0. The Kier molecular flexibility index (Phi) is 5.60. The van der Waals surface area contributed by atoms with Crippen LogP contribution in [0.3, 0.4) is 0 Å². The second-order valence-corrected chi connectivity index (χ2v) is 8.38. The highest BCUT2D eigenvalue weighted by atomic mass is 15.2. The van der Waals surface area contributed by atoms with Crippen molar-refractivity contribution in [3.05, 3.63) is 89.2 Å². The molecule has 2 N–H and O–H groups in total. The van der Waals surface area contributed by atoms with Crippen LogP contribution in [0.25, 0.3) is 16.9 Å². The fourth-order valence-electron chi connectivity index (χ4n) is 3.81. The Bertz CT molecular complexity index is 1160. The first kappa shape index (κ1) is 20.2. The Labute approximate surface area is 179 Å². The molecule has 4 heteroatoms. The molecule has 0 saturated carbocycles. The van der Waals surface area contributed by atoms with Crippen molar-refractivity contribution in [1.82, 2.24) is 14.3 Å². The van der Waals surface area contributed by atoms with Gasteiger partial charge in [-0.25, -0.2) is 4.98 Å². The zero-order valence-electron chi connectivity index (χ0n) is 18.3. The molecule has 0 spiro atoms. The standard InChI is InChI=1S/C26H30N4/c1-18(2)29(15-21-8-6-5-7-9-21)17-24-26(22-11-10-19(3)20(4)14-22)28-25-13-12-23(27)16-30(24)25/h5-14,16,18H,15,17,27H2,1-4H3. The van der Waals surface area contributed by atoms with E-state index >= 15 is 0 Å². The topological polar surface area (TPSA) is 46.6 Å². The molecule has 0 unspecified atom stereocenters. The van der Waals surface area contributed by atoms with Crippen LogP contribution in [-0.2, 0) is 13.1 Å². The summed E-state index contributed by atoms with van der Waals surface area (Å²) in [6, 6.07) is 21.5. The van der Waals surface area contributed by atoms with Gasteiger partial charge in [-0.15, -0.1) is 0 Å². The number of aryl methyl sites for hydroxylation is 2. The van der Waals surface area contributed by atoms with Gasteiger partial charge in [-0.05, 0) is 62.6 Å². The second kappa shape index (κ2) is 8.33. The van der Waals surface area contributed by atoms with Gasteiger partial charge in [0.25, 0.3) is 0 Å². The van der Waals surface area contributed by atoms with E-state index in [4.69, 9.17) is 10.7 Å². The number of hydrogen-bond acceptors (Lipinski definition) is 3. The van der Waals surface area contributed by atoms with Gasteiger partial charge in [0.1, 0.15) is 5.65 Å². The molecule has 4 aromatic rings. The average molecular weight is 399 g/mol. The van der Waals surface area contributed by atoms with Gasteiger partial charge in [0.05, 0.1) is 11.4 Å². The van der Waals surface area contributed by atoms with E-state index in [1.54, 1.807) is 0 Å². The van der Waals surface area contributed by atoms with Crippen LogP contribution in [0.2, 0.25) is 0 Å². The minimum Gasteiger partial charge on any atom is -0.398 e. The first-order valence-electron chi connectivity index (χ1n) is 10.5. The number of pyridine rings is 1. The lowest BCUT2D eigenvalue weighted by Gasteiger charge is -2.27. The minimum atomic E-state index is 0.393. The average Bonchev–Trinajstić information content (AvgIpc) is 3.08. The Morgan fingerprint density at radius 3 is 2.40 bits per heavy atom. The first-order chi connectivity index (χ1) is 14.4. The van der Waals surface area contributed by atoms with Crippen molar-refractivity contribution in [2.75, 3.05) is 5.73 Å². The van der Waals surface area contributed by atoms with Crippen molar-refractivity contribution in [1.29, 1.82) is 0 Å². The van der Waals surface area contributed by atoms with Gasteiger partial charge >= 0.3 is 0 Å². The molecule has 0 fully saturated rings. The number of nitrogens with two attached hydrogens (primary N) is 1. The molecular weight excluding hydrogens is 368 g/mol. The molecule has 154 valence electrons.